The van der Waals surface area contributed by atoms with Gasteiger partial charge >= 0.3 is 0 Å². The Labute approximate surface area is 447 Å². The van der Waals surface area contributed by atoms with Crippen LogP contribution in [0.3, 0.4) is 0 Å². The minimum Gasteiger partial charge on any atom is -0.309 e. The Morgan fingerprint density at radius 1 is 0.286 bits per heavy atom. The summed E-state index contributed by atoms with van der Waals surface area (Å²) in [4.78, 5) is 16.5. The second kappa shape index (κ2) is 18.3. The molecule has 0 radical (unpaired) electrons. The van der Waals surface area contributed by atoms with Crippen LogP contribution in [0.25, 0.3) is 99.6 Å². The lowest BCUT2D eigenvalue weighted by Crippen LogP contribution is -2.16. The van der Waals surface area contributed by atoms with Gasteiger partial charge in [0.05, 0.1) is 45.2 Å². The molecular formula is C68H44N8S. The van der Waals surface area contributed by atoms with Crippen molar-refractivity contribution >= 4 is 112 Å². The molecule has 0 bridgehead atoms. The molecule has 0 unspecified atom stereocenters. The van der Waals surface area contributed by atoms with Gasteiger partial charge in [-0.15, -0.1) is 0 Å². The maximum Gasteiger partial charge on any atom is 0.133 e. The molecule has 9 heteroatoms. The van der Waals surface area contributed by atoms with E-state index >= 15 is 0 Å². The van der Waals surface area contributed by atoms with Gasteiger partial charge in [-0.3, -0.25) is 0 Å². The van der Waals surface area contributed by atoms with Crippen LogP contribution in [-0.2, 0) is 0 Å². The predicted molar refractivity (Wildman–Crippen MR) is 319 cm³/mol. The summed E-state index contributed by atoms with van der Waals surface area (Å²) in [5.41, 5.74) is 18.0. The average molecular weight is 1010 g/mol. The Balaban J connectivity index is 1.05. The molecule has 0 amide bonds. The van der Waals surface area contributed by atoms with Crippen molar-refractivity contribution in [2.75, 3.05) is 9.80 Å². The fraction of sp³-hybridized carbons (Fsp3) is 0. The molecule has 0 spiro atoms. The van der Waals surface area contributed by atoms with E-state index in [9.17, 15) is 0 Å². The minimum absolute atomic E-state index is 0.671. The molecule has 4 heterocycles. The number of para-hydroxylation sites is 6. The number of rotatable bonds is 10. The molecule has 0 fully saturated rings. The van der Waals surface area contributed by atoms with E-state index in [0.29, 0.717) is 22.1 Å². The first-order valence-corrected chi connectivity index (χ1v) is 26.5. The lowest BCUT2D eigenvalue weighted by molar-refractivity contribution is 1.17. The van der Waals surface area contributed by atoms with E-state index in [2.05, 4.69) is 274 Å². The third-order valence-corrected chi connectivity index (χ3v) is 15.2. The third-order valence-electron chi connectivity index (χ3n) is 14.7. The molecule has 0 aliphatic carbocycles. The zero-order valence-corrected chi connectivity index (χ0v) is 42.2. The number of fused-ring (bicyclic) bond motifs is 8. The van der Waals surface area contributed by atoms with Crippen LogP contribution in [0.1, 0.15) is 0 Å². The van der Waals surface area contributed by atoms with Crippen molar-refractivity contribution in [1.29, 1.82) is 0 Å². The van der Waals surface area contributed by atoms with Crippen LogP contribution in [0.4, 0.5) is 34.1 Å². The molecule has 15 aromatic rings. The molecule has 15 rings (SSSR count). The van der Waals surface area contributed by atoms with Gasteiger partial charge in [0.25, 0.3) is 0 Å². The van der Waals surface area contributed by atoms with Crippen LogP contribution in [0.2, 0.25) is 0 Å². The van der Waals surface area contributed by atoms with Crippen LogP contribution in [-0.4, -0.2) is 27.8 Å². The van der Waals surface area contributed by atoms with E-state index in [-0.39, 0.29) is 0 Å². The molecule has 0 saturated carbocycles. The Morgan fingerprint density at radius 3 is 0.961 bits per heavy atom. The monoisotopic (exact) mass is 1000 g/mol. The standard InChI is InChI=1S/C68H44N8S/c1-5-23-45(24-6-1)61-62(46-25-7-2-8-26-46)70-64-63(69-61)67(73(47-27-9-3-10-28-47)49-31-21-33-51(43-49)75-57-39-17-13-35-53(57)54-36-14-18-40-58(54)75)65-66(72-77-71-65)68(64)74(48-29-11-4-12-30-48)50-32-22-34-52(44-50)76-59-41-19-15-37-55(59)56-38-16-20-42-60(56)76/h1-44H. The van der Waals surface area contributed by atoms with Gasteiger partial charge in [0.2, 0.25) is 0 Å². The molecule has 362 valence electrons. The first-order chi connectivity index (χ1) is 38.2. The number of benzene rings is 11. The molecule has 0 saturated heterocycles. The fourth-order valence-electron chi connectivity index (χ4n) is 11.4. The summed E-state index contributed by atoms with van der Waals surface area (Å²) in [5.74, 6) is 0. The van der Waals surface area contributed by atoms with E-state index < -0.39 is 0 Å². The highest BCUT2D eigenvalue weighted by Crippen LogP contribution is 2.51. The van der Waals surface area contributed by atoms with Gasteiger partial charge in [-0.2, -0.15) is 8.75 Å². The topological polar surface area (TPSA) is 67.9 Å². The third kappa shape index (κ3) is 7.28. The fourth-order valence-corrected chi connectivity index (χ4v) is 12.0. The summed E-state index contributed by atoms with van der Waals surface area (Å²) >= 11 is 1.20. The molecule has 4 aromatic heterocycles. The Morgan fingerprint density at radius 2 is 0.597 bits per heavy atom. The lowest BCUT2D eigenvalue weighted by Gasteiger charge is -2.31. The van der Waals surface area contributed by atoms with Crippen molar-refractivity contribution in [2.24, 2.45) is 0 Å². The van der Waals surface area contributed by atoms with Gasteiger partial charge in [-0.05, 0) is 84.9 Å². The van der Waals surface area contributed by atoms with Crippen LogP contribution in [0.5, 0.6) is 0 Å². The van der Waals surface area contributed by atoms with Gasteiger partial charge in [-0.25, -0.2) is 9.97 Å². The molecule has 8 nitrogen and oxygen atoms in total. The van der Waals surface area contributed by atoms with Crippen molar-refractivity contribution in [2.45, 2.75) is 0 Å². The maximum atomic E-state index is 5.93. The smallest absolute Gasteiger partial charge is 0.133 e. The van der Waals surface area contributed by atoms with Crippen molar-refractivity contribution in [1.82, 2.24) is 27.8 Å². The molecule has 0 atom stereocenters. The van der Waals surface area contributed by atoms with Crippen molar-refractivity contribution in [3.63, 3.8) is 0 Å². The highest BCUT2D eigenvalue weighted by Gasteiger charge is 2.32. The van der Waals surface area contributed by atoms with Crippen molar-refractivity contribution < 1.29 is 0 Å². The zero-order chi connectivity index (χ0) is 50.8. The van der Waals surface area contributed by atoms with Crippen LogP contribution in [0, 0.1) is 0 Å². The Kier molecular flexibility index (Phi) is 10.5. The first kappa shape index (κ1) is 44.3. The minimum atomic E-state index is 0.671. The van der Waals surface area contributed by atoms with Crippen LogP contribution >= 0.6 is 11.7 Å². The SMILES string of the molecule is c1ccc(-c2nc3c(N(c4ccccc4)c4cccc(-n5c6ccccc6c6ccccc65)c4)c4nsnc4c(N(c4ccccc4)c4cccc(-n5c6ccccc6c6ccccc65)c4)c3nc2-c2ccccc2)cc1. The summed E-state index contributed by atoms with van der Waals surface area (Å²) in [7, 11) is 0. The highest BCUT2D eigenvalue weighted by atomic mass is 32.1. The molecular weight excluding hydrogens is 961 g/mol. The maximum absolute atomic E-state index is 5.93. The molecule has 0 aliphatic heterocycles. The van der Waals surface area contributed by atoms with E-state index in [1.807, 2.05) is 12.1 Å². The number of nitrogens with zero attached hydrogens (tertiary/aromatic N) is 8. The highest BCUT2D eigenvalue weighted by molar-refractivity contribution is 7.00. The van der Waals surface area contributed by atoms with E-state index in [0.717, 1.165) is 90.1 Å². The van der Waals surface area contributed by atoms with E-state index in [1.54, 1.807) is 0 Å². The number of hydrogen-bond acceptors (Lipinski definition) is 7. The molecule has 0 aliphatic rings. The first-order valence-electron chi connectivity index (χ1n) is 25.7. The number of aromatic nitrogens is 6. The van der Waals surface area contributed by atoms with Crippen molar-refractivity contribution in [3.8, 4) is 33.9 Å². The Hall–Kier alpha value is -10.2. The van der Waals surface area contributed by atoms with Crippen LogP contribution in [0.15, 0.2) is 267 Å². The lowest BCUT2D eigenvalue weighted by atomic mass is 10.0. The quantitative estimate of drug-likeness (QED) is 0.127. The average Bonchev–Trinajstić information content (AvgIpc) is 4.27. The second-order valence-electron chi connectivity index (χ2n) is 19.1. The molecule has 11 aromatic carbocycles. The van der Waals surface area contributed by atoms with E-state index in [4.69, 9.17) is 18.7 Å². The molecule has 77 heavy (non-hydrogen) atoms. The second-order valence-corrected chi connectivity index (χ2v) is 19.7. The van der Waals surface area contributed by atoms with Gasteiger partial charge in [0.15, 0.2) is 0 Å². The van der Waals surface area contributed by atoms with Gasteiger partial charge in [-0.1, -0.05) is 182 Å². The normalized spacial score (nSPS) is 11.6. The van der Waals surface area contributed by atoms with Gasteiger partial charge in [0, 0.05) is 66.8 Å². The van der Waals surface area contributed by atoms with Gasteiger partial charge < -0.3 is 18.9 Å². The zero-order valence-electron chi connectivity index (χ0n) is 41.4. The van der Waals surface area contributed by atoms with E-state index in [1.165, 1.54) is 33.3 Å². The molecule has 0 N–H and O–H groups in total. The van der Waals surface area contributed by atoms with Crippen LogP contribution < -0.4 is 9.80 Å². The summed E-state index contributed by atoms with van der Waals surface area (Å²) in [5, 5.41) is 4.80. The Bertz CT molecular complexity index is 4300. The van der Waals surface area contributed by atoms with Crippen molar-refractivity contribution in [3.05, 3.63) is 267 Å². The largest absolute Gasteiger partial charge is 0.309 e. The van der Waals surface area contributed by atoms with Gasteiger partial charge in [0.1, 0.15) is 33.4 Å². The summed E-state index contributed by atoms with van der Waals surface area (Å²) in [6, 6.07) is 94.0. The number of anilines is 6. The summed E-state index contributed by atoms with van der Waals surface area (Å²) in [6.45, 7) is 0. The summed E-state index contributed by atoms with van der Waals surface area (Å²) in [6.07, 6.45) is 0. The predicted octanol–water partition coefficient (Wildman–Crippen LogP) is 18.1. The summed E-state index contributed by atoms with van der Waals surface area (Å²) < 4.78 is 15.4. The number of hydrogen-bond donors (Lipinski definition) is 0.